The fourth-order valence-corrected chi connectivity index (χ4v) is 1.66. The van der Waals surface area contributed by atoms with Crippen LogP contribution in [0, 0.1) is 12.8 Å². The highest BCUT2D eigenvalue weighted by atomic mass is 16.5. The van der Waals surface area contributed by atoms with Gasteiger partial charge >= 0.3 is 5.97 Å². The second-order valence-electron chi connectivity index (χ2n) is 4.40. The Morgan fingerprint density at radius 2 is 2.12 bits per heavy atom. The van der Waals surface area contributed by atoms with E-state index >= 15 is 0 Å². The molecule has 1 rings (SSSR count). The highest BCUT2D eigenvalue weighted by Gasteiger charge is 2.23. The molecular formula is C12H18N2O3. The van der Waals surface area contributed by atoms with Gasteiger partial charge in [-0.15, -0.1) is 0 Å². The van der Waals surface area contributed by atoms with Crippen molar-refractivity contribution in [3.63, 3.8) is 0 Å². The lowest BCUT2D eigenvalue weighted by Crippen LogP contribution is -2.16. The fraction of sp³-hybridized carbons (Fsp3) is 0.583. The molecule has 0 aliphatic carbocycles. The number of aromatic nitrogens is 2. The Kier molecular flexibility index (Phi) is 4.43. The van der Waals surface area contributed by atoms with Gasteiger partial charge in [-0.3, -0.25) is 4.79 Å². The Hall–Kier alpha value is -1.65. The van der Waals surface area contributed by atoms with Crippen LogP contribution in [0.1, 0.15) is 37.7 Å². The topological polar surface area (TPSA) is 72.3 Å². The average molecular weight is 238 g/mol. The molecule has 94 valence electrons. The third-order valence-corrected chi connectivity index (χ3v) is 2.41. The Balaban J connectivity index is 3.09. The number of aliphatic carboxylic acids is 1. The molecule has 1 N–H and O–H groups in total. The van der Waals surface area contributed by atoms with Gasteiger partial charge in [-0.05, 0) is 19.3 Å². The number of carboxylic acids is 1. The number of methoxy groups -OCH3 is 1. The molecule has 0 bridgehead atoms. The van der Waals surface area contributed by atoms with Crippen molar-refractivity contribution in [1.82, 2.24) is 9.97 Å². The number of aryl methyl sites for hydroxylation is 1. The van der Waals surface area contributed by atoms with Crippen LogP contribution in [0.5, 0.6) is 5.88 Å². The Bertz CT molecular complexity index is 405. The fourth-order valence-electron chi connectivity index (χ4n) is 1.66. The molecule has 0 fully saturated rings. The average Bonchev–Trinajstić information content (AvgIpc) is 2.24. The first-order chi connectivity index (χ1) is 7.93. The molecule has 1 aromatic rings. The number of hydrogen-bond donors (Lipinski definition) is 1. The molecule has 1 unspecified atom stereocenters. The van der Waals surface area contributed by atoms with Gasteiger partial charge < -0.3 is 9.84 Å². The van der Waals surface area contributed by atoms with Crippen LogP contribution in [-0.2, 0) is 4.79 Å². The van der Waals surface area contributed by atoms with Crippen molar-refractivity contribution < 1.29 is 14.6 Å². The minimum absolute atomic E-state index is 0.289. The number of nitrogens with zero attached hydrogens (tertiary/aromatic N) is 2. The molecule has 0 saturated carbocycles. The summed E-state index contributed by atoms with van der Waals surface area (Å²) >= 11 is 0. The van der Waals surface area contributed by atoms with Gasteiger partial charge in [0.15, 0.2) is 0 Å². The van der Waals surface area contributed by atoms with Gasteiger partial charge in [0, 0.05) is 6.07 Å². The number of carboxylic acid groups (broad SMARTS) is 1. The normalized spacial score (nSPS) is 12.5. The molecular weight excluding hydrogens is 220 g/mol. The summed E-state index contributed by atoms with van der Waals surface area (Å²) in [7, 11) is 1.50. The summed E-state index contributed by atoms with van der Waals surface area (Å²) in [6.07, 6.45) is 0.551. The van der Waals surface area contributed by atoms with Crippen LogP contribution in [0.2, 0.25) is 0 Å². The van der Waals surface area contributed by atoms with Gasteiger partial charge in [-0.25, -0.2) is 4.98 Å². The van der Waals surface area contributed by atoms with E-state index < -0.39 is 11.9 Å². The minimum atomic E-state index is -0.862. The van der Waals surface area contributed by atoms with Crippen LogP contribution in [0.4, 0.5) is 0 Å². The number of carbonyl (C=O) groups is 1. The summed E-state index contributed by atoms with van der Waals surface area (Å²) in [5.74, 6) is -0.251. The van der Waals surface area contributed by atoms with Crippen LogP contribution in [-0.4, -0.2) is 28.2 Å². The molecule has 1 atom stereocenters. The van der Waals surface area contributed by atoms with E-state index in [1.807, 2.05) is 13.8 Å². The summed E-state index contributed by atoms with van der Waals surface area (Å²) in [5.41, 5.74) is 0.510. The van der Waals surface area contributed by atoms with E-state index in [4.69, 9.17) is 4.74 Å². The first kappa shape index (κ1) is 13.4. The summed E-state index contributed by atoms with van der Waals surface area (Å²) < 4.78 is 5.03. The molecule has 0 amide bonds. The molecule has 0 aliphatic rings. The first-order valence-corrected chi connectivity index (χ1v) is 5.56. The lowest BCUT2D eigenvalue weighted by molar-refractivity contribution is -0.139. The Labute approximate surface area is 101 Å². The maximum atomic E-state index is 11.2. The zero-order valence-corrected chi connectivity index (χ0v) is 10.6. The molecule has 0 radical (unpaired) electrons. The standard InChI is InChI=1S/C12H18N2O3/c1-7(2)5-9(12(15)16)10-6-11(17-4)14-8(3)13-10/h6-7,9H,5H2,1-4H3,(H,15,16). The maximum Gasteiger partial charge on any atom is 0.312 e. The predicted molar refractivity (Wildman–Crippen MR) is 63.2 cm³/mol. The number of ether oxygens (including phenoxy) is 1. The van der Waals surface area contributed by atoms with Gasteiger partial charge in [-0.2, -0.15) is 4.98 Å². The van der Waals surface area contributed by atoms with E-state index in [1.165, 1.54) is 7.11 Å². The van der Waals surface area contributed by atoms with Gasteiger partial charge in [0.1, 0.15) is 5.82 Å². The van der Waals surface area contributed by atoms with Gasteiger partial charge in [0.25, 0.3) is 0 Å². The van der Waals surface area contributed by atoms with E-state index in [-0.39, 0.29) is 5.92 Å². The van der Waals surface area contributed by atoms with Crippen molar-refractivity contribution in [1.29, 1.82) is 0 Å². The third kappa shape index (κ3) is 3.69. The van der Waals surface area contributed by atoms with Crippen molar-refractivity contribution in [2.45, 2.75) is 33.1 Å². The summed E-state index contributed by atoms with van der Waals surface area (Å²) in [6, 6.07) is 1.59. The van der Waals surface area contributed by atoms with Crippen molar-refractivity contribution in [2.24, 2.45) is 5.92 Å². The molecule has 0 aromatic carbocycles. The SMILES string of the molecule is COc1cc(C(CC(C)C)C(=O)O)nc(C)n1. The lowest BCUT2D eigenvalue weighted by atomic mass is 9.94. The van der Waals surface area contributed by atoms with Gasteiger partial charge in [0.2, 0.25) is 5.88 Å². The largest absolute Gasteiger partial charge is 0.481 e. The molecule has 0 aliphatic heterocycles. The quantitative estimate of drug-likeness (QED) is 0.849. The second-order valence-corrected chi connectivity index (χ2v) is 4.40. The molecule has 1 aromatic heterocycles. The molecule has 0 spiro atoms. The minimum Gasteiger partial charge on any atom is -0.481 e. The van der Waals surface area contributed by atoms with Crippen molar-refractivity contribution >= 4 is 5.97 Å². The molecule has 17 heavy (non-hydrogen) atoms. The first-order valence-electron chi connectivity index (χ1n) is 5.56. The zero-order chi connectivity index (χ0) is 13.0. The van der Waals surface area contributed by atoms with E-state index in [2.05, 4.69) is 9.97 Å². The Morgan fingerprint density at radius 3 is 2.59 bits per heavy atom. The monoisotopic (exact) mass is 238 g/mol. The van der Waals surface area contributed by atoms with E-state index in [1.54, 1.807) is 13.0 Å². The summed E-state index contributed by atoms with van der Waals surface area (Å²) in [5, 5.41) is 9.23. The predicted octanol–water partition coefficient (Wildman–Crippen LogP) is 2.01. The molecule has 1 heterocycles. The summed E-state index contributed by atoms with van der Waals surface area (Å²) in [6.45, 7) is 5.70. The Morgan fingerprint density at radius 1 is 1.47 bits per heavy atom. The third-order valence-electron chi connectivity index (χ3n) is 2.41. The van der Waals surface area contributed by atoms with Crippen LogP contribution in [0.3, 0.4) is 0 Å². The molecule has 5 heteroatoms. The van der Waals surface area contributed by atoms with Crippen molar-refractivity contribution in [2.75, 3.05) is 7.11 Å². The number of rotatable bonds is 5. The van der Waals surface area contributed by atoms with Gasteiger partial charge in [0.05, 0.1) is 18.7 Å². The van der Waals surface area contributed by atoms with Crippen LogP contribution < -0.4 is 4.74 Å². The van der Waals surface area contributed by atoms with Crippen LogP contribution in [0.25, 0.3) is 0 Å². The molecule has 5 nitrogen and oxygen atoms in total. The highest BCUT2D eigenvalue weighted by molar-refractivity contribution is 5.75. The van der Waals surface area contributed by atoms with E-state index in [0.717, 1.165) is 0 Å². The second kappa shape index (κ2) is 5.61. The smallest absolute Gasteiger partial charge is 0.312 e. The number of hydrogen-bond acceptors (Lipinski definition) is 4. The molecule has 0 saturated heterocycles. The zero-order valence-electron chi connectivity index (χ0n) is 10.6. The van der Waals surface area contributed by atoms with Gasteiger partial charge in [-0.1, -0.05) is 13.8 Å². The van der Waals surface area contributed by atoms with Crippen molar-refractivity contribution in [3.05, 3.63) is 17.6 Å². The van der Waals surface area contributed by atoms with Crippen LogP contribution >= 0.6 is 0 Å². The van der Waals surface area contributed by atoms with E-state index in [0.29, 0.717) is 23.8 Å². The highest BCUT2D eigenvalue weighted by Crippen LogP contribution is 2.24. The van der Waals surface area contributed by atoms with E-state index in [9.17, 15) is 9.90 Å². The maximum absolute atomic E-state index is 11.2. The van der Waals surface area contributed by atoms with Crippen molar-refractivity contribution in [3.8, 4) is 5.88 Å². The van der Waals surface area contributed by atoms with Crippen LogP contribution in [0.15, 0.2) is 6.07 Å². The summed E-state index contributed by atoms with van der Waals surface area (Å²) in [4.78, 5) is 19.5. The lowest BCUT2D eigenvalue weighted by Gasteiger charge is -2.15.